The molecule has 172 valence electrons. The van der Waals surface area contributed by atoms with Crippen LogP contribution < -0.4 is 20.2 Å². The number of carbonyl (C=O) groups is 2. The number of hydrogen-bond acceptors (Lipinski definition) is 5. The minimum Gasteiger partial charge on any atom is -0.490 e. The largest absolute Gasteiger partial charge is 0.490 e. The Bertz CT molecular complexity index is 982. The third-order valence-electron chi connectivity index (χ3n) is 4.37. The van der Waals surface area contributed by atoms with E-state index in [0.717, 1.165) is 14.7 Å². The highest BCUT2D eigenvalue weighted by molar-refractivity contribution is 14.1. The van der Waals surface area contributed by atoms with Gasteiger partial charge in [-0.25, -0.2) is 5.43 Å². The van der Waals surface area contributed by atoms with Gasteiger partial charge in [-0.2, -0.15) is 5.10 Å². The lowest BCUT2D eigenvalue weighted by Crippen LogP contribution is -2.18. The molecule has 9 heteroatoms. The summed E-state index contributed by atoms with van der Waals surface area (Å²) in [7, 11) is 0. The molecule has 0 aromatic heterocycles. The molecule has 0 bridgehead atoms. The van der Waals surface area contributed by atoms with E-state index in [-0.39, 0.29) is 24.7 Å². The van der Waals surface area contributed by atoms with Crippen molar-refractivity contribution in [3.63, 3.8) is 0 Å². The number of ether oxygens (including phenoxy) is 2. The van der Waals surface area contributed by atoms with E-state index in [9.17, 15) is 9.59 Å². The van der Waals surface area contributed by atoms with Crippen LogP contribution >= 0.6 is 34.2 Å². The number of benzene rings is 2. The monoisotopic (exact) mass is 571 g/mol. The van der Waals surface area contributed by atoms with E-state index in [1.54, 1.807) is 24.4 Å². The predicted octanol–water partition coefficient (Wildman–Crippen LogP) is 5.31. The van der Waals surface area contributed by atoms with Crippen LogP contribution in [0, 0.1) is 10.5 Å². The van der Waals surface area contributed by atoms with E-state index in [4.69, 9.17) is 21.1 Å². The number of nitrogens with one attached hydrogen (secondary N) is 2. The first-order valence-corrected chi connectivity index (χ1v) is 11.8. The minimum atomic E-state index is -0.265. The van der Waals surface area contributed by atoms with Gasteiger partial charge in [-0.1, -0.05) is 17.7 Å². The average molecular weight is 572 g/mol. The van der Waals surface area contributed by atoms with Crippen LogP contribution in [0.25, 0.3) is 0 Å². The summed E-state index contributed by atoms with van der Waals surface area (Å²) in [4.78, 5) is 24.1. The van der Waals surface area contributed by atoms with E-state index >= 15 is 0 Å². The summed E-state index contributed by atoms with van der Waals surface area (Å²) in [5, 5.41) is 7.42. The number of nitrogens with zero attached hydrogens (tertiary/aromatic N) is 1. The van der Waals surface area contributed by atoms with Crippen molar-refractivity contribution in [1.82, 2.24) is 5.43 Å². The Labute approximate surface area is 207 Å². The molecule has 0 saturated carbocycles. The molecule has 2 amide bonds. The van der Waals surface area contributed by atoms with Gasteiger partial charge < -0.3 is 14.8 Å². The van der Waals surface area contributed by atoms with Gasteiger partial charge >= 0.3 is 0 Å². The second kappa shape index (κ2) is 13.3. The van der Waals surface area contributed by atoms with Crippen LogP contribution in [-0.4, -0.2) is 31.2 Å². The summed E-state index contributed by atoms with van der Waals surface area (Å²) >= 11 is 8.24. The number of hydrogen-bond donors (Lipinski definition) is 2. The van der Waals surface area contributed by atoms with Crippen LogP contribution in [0.4, 0.5) is 5.69 Å². The quantitative estimate of drug-likeness (QED) is 0.217. The van der Waals surface area contributed by atoms with Crippen LogP contribution in [0.5, 0.6) is 11.5 Å². The molecule has 0 aliphatic heterocycles. The van der Waals surface area contributed by atoms with Gasteiger partial charge in [-0.3, -0.25) is 9.59 Å². The van der Waals surface area contributed by atoms with Gasteiger partial charge in [0.1, 0.15) is 0 Å². The molecule has 0 aliphatic carbocycles. The van der Waals surface area contributed by atoms with E-state index < -0.39 is 0 Å². The number of carbonyl (C=O) groups excluding carboxylic acids is 2. The van der Waals surface area contributed by atoms with Crippen molar-refractivity contribution in [3.8, 4) is 11.5 Å². The van der Waals surface area contributed by atoms with Crippen molar-refractivity contribution in [2.75, 3.05) is 18.5 Å². The van der Waals surface area contributed by atoms with Crippen molar-refractivity contribution in [2.45, 2.75) is 40.0 Å². The summed E-state index contributed by atoms with van der Waals surface area (Å²) < 4.78 is 12.2. The molecule has 2 rings (SSSR count). The zero-order chi connectivity index (χ0) is 23.5. The Morgan fingerprint density at radius 1 is 1.12 bits per heavy atom. The van der Waals surface area contributed by atoms with Crippen LogP contribution in [0.15, 0.2) is 35.4 Å². The lowest BCUT2D eigenvalue weighted by molar-refractivity contribution is -0.121. The van der Waals surface area contributed by atoms with Gasteiger partial charge in [0.2, 0.25) is 11.8 Å². The van der Waals surface area contributed by atoms with Gasteiger partial charge in [0, 0.05) is 23.6 Å². The highest BCUT2D eigenvalue weighted by Gasteiger charge is 2.11. The van der Waals surface area contributed by atoms with Crippen molar-refractivity contribution < 1.29 is 19.1 Å². The zero-order valence-corrected chi connectivity index (χ0v) is 21.2. The molecule has 0 fully saturated rings. The molecule has 0 unspecified atom stereocenters. The number of anilines is 1. The topological polar surface area (TPSA) is 89.0 Å². The first-order valence-electron chi connectivity index (χ1n) is 10.3. The van der Waals surface area contributed by atoms with Gasteiger partial charge in [-0.05, 0) is 85.2 Å². The van der Waals surface area contributed by atoms with Crippen LogP contribution in [0.3, 0.4) is 0 Å². The lowest BCUT2D eigenvalue weighted by atomic mass is 10.2. The van der Waals surface area contributed by atoms with Crippen molar-refractivity contribution >= 4 is 57.9 Å². The molecule has 2 N–H and O–H groups in total. The third kappa shape index (κ3) is 7.98. The summed E-state index contributed by atoms with van der Waals surface area (Å²) in [6, 6.07) is 9.04. The normalized spacial score (nSPS) is 10.8. The highest BCUT2D eigenvalue weighted by atomic mass is 127. The fourth-order valence-corrected chi connectivity index (χ4v) is 3.77. The second-order valence-electron chi connectivity index (χ2n) is 6.80. The van der Waals surface area contributed by atoms with E-state index in [1.165, 1.54) is 0 Å². The molecular weight excluding hydrogens is 545 g/mol. The fraction of sp³-hybridized carbons (Fsp3) is 0.348. The molecule has 7 nitrogen and oxygen atoms in total. The van der Waals surface area contributed by atoms with E-state index in [1.807, 2.05) is 32.9 Å². The summed E-state index contributed by atoms with van der Waals surface area (Å²) in [6.07, 6.45) is 2.36. The van der Waals surface area contributed by atoms with Crippen molar-refractivity contribution in [2.24, 2.45) is 5.10 Å². The Balaban J connectivity index is 1.82. The second-order valence-corrected chi connectivity index (χ2v) is 8.37. The zero-order valence-electron chi connectivity index (χ0n) is 18.3. The number of amides is 2. The lowest BCUT2D eigenvalue weighted by Gasteiger charge is -2.13. The van der Waals surface area contributed by atoms with E-state index in [0.29, 0.717) is 41.8 Å². The van der Waals surface area contributed by atoms with Gasteiger partial charge in [0.25, 0.3) is 0 Å². The molecule has 2 aromatic rings. The summed E-state index contributed by atoms with van der Waals surface area (Å²) in [5.74, 6) is 0.898. The van der Waals surface area contributed by atoms with Crippen molar-refractivity contribution in [1.29, 1.82) is 0 Å². The molecule has 0 atom stereocenters. The Hall–Kier alpha value is -2.33. The first-order chi connectivity index (χ1) is 15.3. The Kier molecular flexibility index (Phi) is 10.8. The maximum Gasteiger partial charge on any atom is 0.240 e. The molecule has 0 saturated heterocycles. The highest BCUT2D eigenvalue weighted by Crippen LogP contribution is 2.33. The fourth-order valence-electron chi connectivity index (χ4n) is 2.81. The standard InChI is InChI=1S/C23H27ClIN3O4/c1-4-31-20-13-16(12-18(25)23(20)32-5-2)14-26-28-22(30)11-7-10-21(29)27-19-9-6-8-17(24)15(19)3/h6,8-9,12-14H,4-5,7,10-11H2,1-3H3,(H,27,29)(H,28,30)/b26-14-. The smallest absolute Gasteiger partial charge is 0.240 e. The maximum atomic E-state index is 12.1. The summed E-state index contributed by atoms with van der Waals surface area (Å²) in [5.41, 5.74) is 4.75. The van der Waals surface area contributed by atoms with Crippen LogP contribution in [0.2, 0.25) is 5.02 Å². The van der Waals surface area contributed by atoms with Crippen molar-refractivity contribution in [3.05, 3.63) is 50.1 Å². The van der Waals surface area contributed by atoms with Gasteiger partial charge in [0.05, 0.1) is 23.0 Å². The molecule has 32 heavy (non-hydrogen) atoms. The first kappa shape index (κ1) is 25.9. The molecular formula is C23H27ClIN3O4. The molecule has 0 spiro atoms. The maximum absolute atomic E-state index is 12.1. The van der Waals surface area contributed by atoms with Gasteiger partial charge in [0.15, 0.2) is 11.5 Å². The summed E-state index contributed by atoms with van der Waals surface area (Å²) in [6.45, 7) is 6.71. The van der Waals surface area contributed by atoms with E-state index in [2.05, 4.69) is 38.4 Å². The third-order valence-corrected chi connectivity index (χ3v) is 5.58. The molecule has 0 radical (unpaired) electrons. The Morgan fingerprint density at radius 2 is 1.84 bits per heavy atom. The number of hydrazone groups is 1. The number of halogens is 2. The average Bonchev–Trinajstić information content (AvgIpc) is 2.74. The molecule has 2 aromatic carbocycles. The SMILES string of the molecule is CCOc1cc(/C=N\NC(=O)CCCC(=O)Nc2cccc(Cl)c2C)cc(I)c1OCC. The van der Waals surface area contributed by atoms with Gasteiger partial charge in [-0.15, -0.1) is 0 Å². The predicted molar refractivity (Wildman–Crippen MR) is 136 cm³/mol. The molecule has 0 heterocycles. The Morgan fingerprint density at radius 3 is 2.56 bits per heavy atom. The molecule has 0 aliphatic rings. The van der Waals surface area contributed by atoms with Crippen LogP contribution in [0.1, 0.15) is 44.2 Å². The number of rotatable bonds is 11. The minimum absolute atomic E-state index is 0.168. The van der Waals surface area contributed by atoms with Crippen LogP contribution in [-0.2, 0) is 9.59 Å².